The van der Waals surface area contributed by atoms with E-state index in [1.54, 1.807) is 6.20 Å². The molecule has 4 aromatic rings. The second-order valence-electron chi connectivity index (χ2n) is 7.12. The Morgan fingerprint density at radius 3 is 3.00 bits per heavy atom. The van der Waals surface area contributed by atoms with Crippen molar-refractivity contribution >= 4 is 39.0 Å². The van der Waals surface area contributed by atoms with E-state index in [9.17, 15) is 4.39 Å². The van der Waals surface area contributed by atoms with Gasteiger partial charge < -0.3 is 10.2 Å². The predicted molar refractivity (Wildman–Crippen MR) is 111 cm³/mol. The zero-order valence-electron chi connectivity index (χ0n) is 15.3. The third kappa shape index (κ3) is 2.87. The highest BCUT2D eigenvalue weighted by atomic mass is 19.1. The van der Waals surface area contributed by atoms with Crippen molar-refractivity contribution in [3.63, 3.8) is 0 Å². The zero-order valence-corrected chi connectivity index (χ0v) is 15.3. The first-order chi connectivity index (χ1) is 13.7. The van der Waals surface area contributed by atoms with Gasteiger partial charge in [0.2, 0.25) is 0 Å². The minimum absolute atomic E-state index is 0.425. The fourth-order valence-corrected chi connectivity index (χ4v) is 3.82. The van der Waals surface area contributed by atoms with Crippen LogP contribution in [-0.4, -0.2) is 39.3 Å². The van der Waals surface area contributed by atoms with E-state index >= 15 is 0 Å². The maximum absolute atomic E-state index is 13.6. The zero-order chi connectivity index (χ0) is 19.1. The second-order valence-corrected chi connectivity index (χ2v) is 7.12. The van der Waals surface area contributed by atoms with Crippen molar-refractivity contribution in [2.24, 2.45) is 0 Å². The van der Waals surface area contributed by atoms with Crippen LogP contribution in [0, 0.1) is 0 Å². The van der Waals surface area contributed by atoms with Gasteiger partial charge in [0.1, 0.15) is 11.7 Å². The molecule has 1 aliphatic rings. The van der Waals surface area contributed by atoms with Crippen LogP contribution in [-0.2, 0) is 0 Å². The molecule has 2 aromatic heterocycles. The monoisotopic (exact) mass is 373 g/mol. The SMILES string of the molecule is C=C(c1cccc2cc(Nc3n[nH]c4cccnc34)ccc12)N1CC[C@@H](F)C1. The van der Waals surface area contributed by atoms with E-state index in [2.05, 4.69) is 51.3 Å². The van der Waals surface area contributed by atoms with Gasteiger partial charge >= 0.3 is 0 Å². The molecule has 0 aliphatic carbocycles. The van der Waals surface area contributed by atoms with Crippen LogP contribution in [0.5, 0.6) is 0 Å². The average molecular weight is 373 g/mol. The normalized spacial score (nSPS) is 16.8. The number of aromatic nitrogens is 3. The van der Waals surface area contributed by atoms with Crippen LogP contribution >= 0.6 is 0 Å². The first-order valence-electron chi connectivity index (χ1n) is 9.36. The molecule has 2 N–H and O–H groups in total. The number of hydrogen-bond acceptors (Lipinski definition) is 4. The van der Waals surface area contributed by atoms with Crippen molar-refractivity contribution in [1.29, 1.82) is 0 Å². The quantitative estimate of drug-likeness (QED) is 0.536. The van der Waals surface area contributed by atoms with Crippen LogP contribution in [0.1, 0.15) is 12.0 Å². The smallest absolute Gasteiger partial charge is 0.178 e. The van der Waals surface area contributed by atoms with Gasteiger partial charge in [0.15, 0.2) is 5.82 Å². The van der Waals surface area contributed by atoms with Crippen LogP contribution in [0.4, 0.5) is 15.9 Å². The Morgan fingerprint density at radius 2 is 2.14 bits per heavy atom. The molecule has 0 bridgehead atoms. The first kappa shape index (κ1) is 16.7. The van der Waals surface area contributed by atoms with Gasteiger partial charge in [-0.2, -0.15) is 5.10 Å². The van der Waals surface area contributed by atoms with Crippen molar-refractivity contribution in [3.05, 3.63) is 66.9 Å². The minimum Gasteiger partial charge on any atom is -0.368 e. The molecule has 28 heavy (non-hydrogen) atoms. The molecule has 1 saturated heterocycles. The topological polar surface area (TPSA) is 56.8 Å². The molecule has 3 heterocycles. The van der Waals surface area contributed by atoms with Crippen LogP contribution < -0.4 is 5.32 Å². The van der Waals surface area contributed by atoms with Gasteiger partial charge in [0.25, 0.3) is 0 Å². The predicted octanol–water partition coefficient (Wildman–Crippen LogP) is 4.87. The molecule has 2 aromatic carbocycles. The molecule has 1 atom stereocenters. The van der Waals surface area contributed by atoms with Gasteiger partial charge in [-0.15, -0.1) is 0 Å². The van der Waals surface area contributed by atoms with E-state index in [0.717, 1.165) is 45.3 Å². The van der Waals surface area contributed by atoms with Crippen LogP contribution in [0.2, 0.25) is 0 Å². The highest BCUT2D eigenvalue weighted by Gasteiger charge is 2.23. The Bertz CT molecular complexity index is 1180. The number of aromatic amines is 1. The van der Waals surface area contributed by atoms with Crippen molar-refractivity contribution in [3.8, 4) is 0 Å². The Hall–Kier alpha value is -3.41. The Balaban J connectivity index is 1.48. The summed E-state index contributed by atoms with van der Waals surface area (Å²) in [5, 5.41) is 12.8. The summed E-state index contributed by atoms with van der Waals surface area (Å²) in [4.78, 5) is 6.42. The van der Waals surface area contributed by atoms with Gasteiger partial charge in [-0.05, 0) is 41.5 Å². The number of alkyl halides is 1. The highest BCUT2D eigenvalue weighted by Crippen LogP contribution is 2.31. The standard InChI is InChI=1S/C22H20FN5/c1-14(28-11-9-16(23)13-28)18-5-2-4-15-12-17(7-8-19(15)18)25-22-21-20(26-27-22)6-3-10-24-21/h2-8,10,12,16H,1,9,11,13H2,(H2,25,26,27)/t16-/m1/s1. The summed E-state index contributed by atoms with van der Waals surface area (Å²) in [6.45, 7) is 5.37. The lowest BCUT2D eigenvalue weighted by Crippen LogP contribution is -2.18. The number of benzene rings is 2. The Labute approximate surface area is 161 Å². The summed E-state index contributed by atoms with van der Waals surface area (Å²) in [7, 11) is 0. The summed E-state index contributed by atoms with van der Waals surface area (Å²) >= 11 is 0. The third-order valence-corrected chi connectivity index (χ3v) is 5.29. The molecule has 1 fully saturated rings. The lowest BCUT2D eigenvalue weighted by molar-refractivity contribution is 0.338. The number of H-pyrrole nitrogens is 1. The summed E-state index contributed by atoms with van der Waals surface area (Å²) < 4.78 is 13.6. The number of likely N-dealkylation sites (tertiary alicyclic amines) is 1. The van der Waals surface area contributed by atoms with Crippen molar-refractivity contribution in [1.82, 2.24) is 20.1 Å². The molecule has 0 unspecified atom stereocenters. The van der Waals surface area contributed by atoms with Crippen LogP contribution in [0.15, 0.2) is 61.3 Å². The molecule has 1 aliphatic heterocycles. The number of anilines is 2. The maximum atomic E-state index is 13.6. The van der Waals surface area contributed by atoms with Gasteiger partial charge in [-0.3, -0.25) is 10.1 Å². The lowest BCUT2D eigenvalue weighted by Gasteiger charge is -2.22. The summed E-state index contributed by atoms with van der Waals surface area (Å²) in [6, 6.07) is 16.1. The largest absolute Gasteiger partial charge is 0.368 e. The Morgan fingerprint density at radius 1 is 1.21 bits per heavy atom. The number of rotatable bonds is 4. The molecule has 6 heteroatoms. The maximum Gasteiger partial charge on any atom is 0.178 e. The first-order valence-corrected chi connectivity index (χ1v) is 9.36. The van der Waals surface area contributed by atoms with Crippen molar-refractivity contribution < 1.29 is 4.39 Å². The number of fused-ring (bicyclic) bond motifs is 2. The average Bonchev–Trinajstić information content (AvgIpc) is 3.33. The molecule has 5 rings (SSSR count). The van der Waals surface area contributed by atoms with Crippen LogP contribution in [0.3, 0.4) is 0 Å². The molecule has 0 saturated carbocycles. The number of nitrogens with zero attached hydrogens (tertiary/aromatic N) is 3. The fourth-order valence-electron chi connectivity index (χ4n) is 3.82. The number of halogens is 1. The third-order valence-electron chi connectivity index (χ3n) is 5.29. The second kappa shape index (κ2) is 6.64. The van der Waals surface area contributed by atoms with E-state index in [4.69, 9.17) is 0 Å². The molecular formula is C22H20FN5. The van der Waals surface area contributed by atoms with Crippen molar-refractivity contribution in [2.75, 3.05) is 18.4 Å². The van der Waals surface area contributed by atoms with E-state index in [1.807, 2.05) is 29.2 Å². The van der Waals surface area contributed by atoms with E-state index < -0.39 is 6.17 Å². The summed E-state index contributed by atoms with van der Waals surface area (Å²) in [6.07, 6.45) is 1.56. The number of pyridine rings is 1. The summed E-state index contributed by atoms with van der Waals surface area (Å²) in [5.74, 6) is 0.696. The molecular weight excluding hydrogens is 353 g/mol. The van der Waals surface area contributed by atoms with Gasteiger partial charge in [-0.1, -0.05) is 30.8 Å². The summed E-state index contributed by atoms with van der Waals surface area (Å²) in [5.41, 5.74) is 4.55. The molecule has 0 amide bonds. The molecule has 140 valence electrons. The van der Waals surface area contributed by atoms with Gasteiger partial charge in [-0.25, -0.2) is 4.39 Å². The van der Waals surface area contributed by atoms with E-state index in [0.29, 0.717) is 18.8 Å². The molecule has 5 nitrogen and oxygen atoms in total. The highest BCUT2D eigenvalue weighted by molar-refractivity contribution is 5.96. The Kier molecular flexibility index (Phi) is 3.97. The fraction of sp³-hybridized carbons (Fsp3) is 0.182. The van der Waals surface area contributed by atoms with Gasteiger partial charge in [0, 0.05) is 36.2 Å². The van der Waals surface area contributed by atoms with Crippen molar-refractivity contribution in [2.45, 2.75) is 12.6 Å². The van der Waals surface area contributed by atoms with Gasteiger partial charge in [0.05, 0.1) is 5.52 Å². The molecule has 0 spiro atoms. The van der Waals surface area contributed by atoms with Crippen LogP contribution in [0.25, 0.3) is 27.5 Å². The van der Waals surface area contributed by atoms with E-state index in [1.165, 1.54) is 0 Å². The lowest BCUT2D eigenvalue weighted by atomic mass is 10.0. The minimum atomic E-state index is -0.764. The number of hydrogen-bond donors (Lipinski definition) is 2. The van der Waals surface area contributed by atoms with E-state index in [-0.39, 0.29) is 0 Å². The number of nitrogens with one attached hydrogen (secondary N) is 2. The molecule has 0 radical (unpaired) electrons.